The lowest BCUT2D eigenvalue weighted by Gasteiger charge is -2.18. The van der Waals surface area contributed by atoms with E-state index in [0.29, 0.717) is 22.1 Å². The fourth-order valence-corrected chi connectivity index (χ4v) is 4.74. The molecule has 0 saturated carbocycles. The van der Waals surface area contributed by atoms with E-state index in [1.54, 1.807) is 37.3 Å². The number of halogens is 3. The Morgan fingerprint density at radius 3 is 2.35 bits per heavy atom. The third kappa shape index (κ3) is 5.36. The number of nitrogens with zero attached hydrogens (tertiary/aromatic N) is 1. The minimum atomic E-state index is -4.58. The van der Waals surface area contributed by atoms with Crippen LogP contribution in [0.4, 0.5) is 13.2 Å². The minimum Gasteiger partial charge on any atom is -0.423 e. The number of aryl methyl sites for hydroxylation is 1. The first-order valence-electron chi connectivity index (χ1n) is 11.4. The number of carbonyl (C=O) groups excluding carboxylic acids is 1. The Labute approximate surface area is 212 Å². The Balaban J connectivity index is 1.82. The van der Waals surface area contributed by atoms with Crippen molar-refractivity contribution < 1.29 is 31.1 Å². The van der Waals surface area contributed by atoms with Gasteiger partial charge in [-0.1, -0.05) is 44.2 Å². The van der Waals surface area contributed by atoms with Crippen LogP contribution in [0.3, 0.4) is 0 Å². The SMILES string of the molecule is Cc1ccc(S(C)(=O)=O)cc1OC(=O)c1cccc(-c2c(C(C)C)cnc3c(C(F)(F)F)cccc23)c1. The van der Waals surface area contributed by atoms with Gasteiger partial charge in [0.2, 0.25) is 0 Å². The predicted octanol–water partition coefficient (Wildman–Crippen LogP) is 6.98. The highest BCUT2D eigenvalue weighted by molar-refractivity contribution is 7.90. The van der Waals surface area contributed by atoms with Crippen LogP contribution in [0.15, 0.2) is 71.8 Å². The maximum absolute atomic E-state index is 13.7. The van der Waals surface area contributed by atoms with Crippen molar-refractivity contribution in [1.82, 2.24) is 4.98 Å². The molecule has 1 heterocycles. The monoisotopic (exact) mass is 527 g/mol. The molecule has 0 N–H and O–H groups in total. The number of hydrogen-bond donors (Lipinski definition) is 0. The zero-order chi connectivity index (χ0) is 27.1. The van der Waals surface area contributed by atoms with E-state index in [9.17, 15) is 26.4 Å². The van der Waals surface area contributed by atoms with Gasteiger partial charge in [-0.2, -0.15) is 13.2 Å². The molecule has 1 aromatic heterocycles. The molecule has 0 aliphatic heterocycles. The summed E-state index contributed by atoms with van der Waals surface area (Å²) < 4.78 is 70.4. The molecule has 0 bridgehead atoms. The maximum atomic E-state index is 13.7. The summed E-state index contributed by atoms with van der Waals surface area (Å²) in [5, 5.41) is 0.322. The lowest BCUT2D eigenvalue weighted by molar-refractivity contribution is -0.136. The number of esters is 1. The summed E-state index contributed by atoms with van der Waals surface area (Å²) in [5.41, 5.74) is 1.54. The number of sulfone groups is 1. The summed E-state index contributed by atoms with van der Waals surface area (Å²) in [7, 11) is -3.51. The molecule has 9 heteroatoms. The maximum Gasteiger partial charge on any atom is 0.418 e. The molecule has 0 radical (unpaired) electrons. The standard InChI is InChI=1S/C28H24F3NO4S/c1-16(2)22-15-32-26-21(9-6-10-23(26)28(29,30)31)25(22)18-7-5-8-19(13-18)27(33)36-24-14-20(37(4,34)35)12-11-17(24)3/h5-16H,1-4H3. The van der Waals surface area contributed by atoms with Crippen LogP contribution >= 0.6 is 0 Å². The summed E-state index contributed by atoms with van der Waals surface area (Å²) in [5.74, 6) is -0.681. The zero-order valence-electron chi connectivity index (χ0n) is 20.6. The lowest BCUT2D eigenvalue weighted by atomic mass is 9.89. The van der Waals surface area contributed by atoms with Crippen LogP contribution in [0.2, 0.25) is 0 Å². The van der Waals surface area contributed by atoms with Crippen LogP contribution in [-0.2, 0) is 16.0 Å². The van der Waals surface area contributed by atoms with Gasteiger partial charge in [0.15, 0.2) is 9.84 Å². The molecule has 5 nitrogen and oxygen atoms in total. The van der Waals surface area contributed by atoms with Crippen LogP contribution in [0.5, 0.6) is 5.75 Å². The Bertz CT molecular complexity index is 1630. The van der Waals surface area contributed by atoms with Crippen molar-refractivity contribution in [2.24, 2.45) is 0 Å². The predicted molar refractivity (Wildman–Crippen MR) is 136 cm³/mol. The van der Waals surface area contributed by atoms with Gasteiger partial charge >= 0.3 is 12.1 Å². The molecular weight excluding hydrogens is 503 g/mol. The van der Waals surface area contributed by atoms with Gasteiger partial charge in [0.25, 0.3) is 0 Å². The molecule has 192 valence electrons. The number of ether oxygens (including phenoxy) is 1. The van der Waals surface area contributed by atoms with E-state index in [1.807, 2.05) is 13.8 Å². The van der Waals surface area contributed by atoms with E-state index in [-0.39, 0.29) is 27.6 Å². The topological polar surface area (TPSA) is 73.3 Å². The number of fused-ring (bicyclic) bond motifs is 1. The normalized spacial score (nSPS) is 12.2. The lowest BCUT2D eigenvalue weighted by Crippen LogP contribution is -2.10. The van der Waals surface area contributed by atoms with Crippen molar-refractivity contribution in [2.75, 3.05) is 6.26 Å². The molecule has 4 rings (SSSR count). The smallest absolute Gasteiger partial charge is 0.418 e. The Kier molecular flexibility index (Phi) is 6.85. The molecule has 0 atom stereocenters. The summed E-state index contributed by atoms with van der Waals surface area (Å²) in [6.07, 6.45) is -2.07. The fraction of sp³-hybridized carbons (Fsp3) is 0.214. The molecule has 0 aliphatic rings. The summed E-state index contributed by atoms with van der Waals surface area (Å²) in [6.45, 7) is 5.51. The molecule has 0 amide bonds. The van der Waals surface area contributed by atoms with Crippen LogP contribution in [0, 0.1) is 6.92 Å². The number of hydrogen-bond acceptors (Lipinski definition) is 5. The van der Waals surface area contributed by atoms with E-state index in [1.165, 1.54) is 30.5 Å². The quantitative estimate of drug-likeness (QED) is 0.207. The molecular formula is C28H24F3NO4S. The van der Waals surface area contributed by atoms with Gasteiger partial charge in [0.1, 0.15) is 5.75 Å². The highest BCUT2D eigenvalue weighted by Crippen LogP contribution is 2.40. The first-order valence-corrected chi connectivity index (χ1v) is 13.3. The Morgan fingerprint density at radius 2 is 1.70 bits per heavy atom. The molecule has 0 spiro atoms. The number of pyridine rings is 1. The van der Waals surface area contributed by atoms with Gasteiger partial charge in [0.05, 0.1) is 21.5 Å². The number of alkyl halides is 3. The molecule has 4 aromatic rings. The van der Waals surface area contributed by atoms with Crippen LogP contribution < -0.4 is 4.74 Å². The summed E-state index contributed by atoms with van der Waals surface area (Å²) in [4.78, 5) is 17.2. The van der Waals surface area contributed by atoms with Crippen molar-refractivity contribution in [1.29, 1.82) is 0 Å². The van der Waals surface area contributed by atoms with E-state index < -0.39 is 27.5 Å². The second-order valence-corrected chi connectivity index (χ2v) is 11.1. The molecule has 0 aliphatic carbocycles. The van der Waals surface area contributed by atoms with Crippen molar-refractivity contribution >= 4 is 26.7 Å². The van der Waals surface area contributed by atoms with E-state index in [0.717, 1.165) is 17.9 Å². The van der Waals surface area contributed by atoms with Crippen LogP contribution in [0.1, 0.15) is 46.8 Å². The number of benzene rings is 3. The zero-order valence-corrected chi connectivity index (χ0v) is 21.4. The van der Waals surface area contributed by atoms with Crippen molar-refractivity contribution in [3.8, 4) is 16.9 Å². The first kappa shape index (κ1) is 26.3. The Morgan fingerprint density at radius 1 is 1.00 bits per heavy atom. The number of para-hydroxylation sites is 1. The van der Waals surface area contributed by atoms with Gasteiger partial charge in [0, 0.05) is 17.8 Å². The average molecular weight is 528 g/mol. The van der Waals surface area contributed by atoms with Crippen LogP contribution in [0.25, 0.3) is 22.0 Å². The fourth-order valence-electron chi connectivity index (χ4n) is 4.11. The third-order valence-corrected chi connectivity index (χ3v) is 7.14. The van der Waals surface area contributed by atoms with Gasteiger partial charge in [-0.3, -0.25) is 4.98 Å². The second kappa shape index (κ2) is 9.63. The third-order valence-electron chi connectivity index (χ3n) is 6.03. The minimum absolute atomic E-state index is 0.0138. The number of aromatic nitrogens is 1. The molecule has 0 saturated heterocycles. The van der Waals surface area contributed by atoms with E-state index in [4.69, 9.17) is 4.74 Å². The summed E-state index contributed by atoms with van der Waals surface area (Å²) >= 11 is 0. The highest BCUT2D eigenvalue weighted by Gasteiger charge is 2.34. The van der Waals surface area contributed by atoms with Gasteiger partial charge in [-0.15, -0.1) is 0 Å². The van der Waals surface area contributed by atoms with Crippen LogP contribution in [-0.4, -0.2) is 25.6 Å². The Hall–Kier alpha value is -3.72. The highest BCUT2D eigenvalue weighted by atomic mass is 32.2. The molecule has 0 unspecified atom stereocenters. The molecule has 37 heavy (non-hydrogen) atoms. The molecule has 3 aromatic carbocycles. The van der Waals surface area contributed by atoms with E-state index in [2.05, 4.69) is 4.98 Å². The van der Waals surface area contributed by atoms with Crippen molar-refractivity contribution in [2.45, 2.75) is 37.8 Å². The first-order chi connectivity index (χ1) is 17.3. The van der Waals surface area contributed by atoms with Gasteiger partial charge < -0.3 is 4.74 Å². The van der Waals surface area contributed by atoms with Crippen molar-refractivity contribution in [3.63, 3.8) is 0 Å². The van der Waals surface area contributed by atoms with Gasteiger partial charge in [-0.25, -0.2) is 13.2 Å². The van der Waals surface area contributed by atoms with Gasteiger partial charge in [-0.05, 0) is 65.4 Å². The summed E-state index contributed by atoms with van der Waals surface area (Å²) in [6, 6.07) is 14.6. The van der Waals surface area contributed by atoms with E-state index >= 15 is 0 Å². The average Bonchev–Trinajstić information content (AvgIpc) is 2.82. The largest absolute Gasteiger partial charge is 0.423 e. The number of rotatable bonds is 5. The molecule has 0 fully saturated rings. The number of carbonyl (C=O) groups is 1. The van der Waals surface area contributed by atoms with Crippen molar-refractivity contribution in [3.05, 3.63) is 89.1 Å². The second-order valence-electron chi connectivity index (χ2n) is 9.11.